The summed E-state index contributed by atoms with van der Waals surface area (Å²) in [5.41, 5.74) is 10.8. The number of hydrogen-bond donors (Lipinski definition) is 2. The molecule has 2 saturated heterocycles. The Labute approximate surface area is 197 Å². The molecule has 1 saturated carbocycles. The second-order valence-corrected chi connectivity index (χ2v) is 9.22. The van der Waals surface area contributed by atoms with Crippen molar-refractivity contribution in [3.63, 3.8) is 0 Å². The van der Waals surface area contributed by atoms with Crippen LogP contribution in [0.3, 0.4) is 0 Å². The van der Waals surface area contributed by atoms with Crippen LogP contribution in [0.25, 0.3) is 5.70 Å². The Bertz CT molecular complexity index is 924. The molecule has 11 heteroatoms. The van der Waals surface area contributed by atoms with Crippen molar-refractivity contribution in [2.45, 2.75) is 50.4 Å². The van der Waals surface area contributed by atoms with Gasteiger partial charge < -0.3 is 25.8 Å². The van der Waals surface area contributed by atoms with E-state index in [4.69, 9.17) is 20.9 Å². The smallest absolute Gasteiger partial charge is 0.384 e. The minimum absolute atomic E-state index is 0.128. The quantitative estimate of drug-likeness (QED) is 0.503. The molecule has 4 N–H and O–H groups in total. The molecule has 3 aliphatic rings. The number of morpholine rings is 2. The van der Waals surface area contributed by atoms with Crippen molar-refractivity contribution in [1.29, 1.82) is 0 Å². The number of pyridine rings is 1. The van der Waals surface area contributed by atoms with Crippen molar-refractivity contribution in [3.05, 3.63) is 29.5 Å². The maximum atomic E-state index is 13.9. The second-order valence-electron chi connectivity index (χ2n) is 9.22. The molecule has 1 aliphatic carbocycles. The minimum atomic E-state index is -4.62. The molecule has 1 aromatic rings. The van der Waals surface area contributed by atoms with Crippen LogP contribution in [0.1, 0.15) is 43.7 Å². The largest absolute Gasteiger partial charge is 0.417 e. The molecule has 34 heavy (non-hydrogen) atoms. The lowest BCUT2D eigenvalue weighted by Gasteiger charge is -2.42. The van der Waals surface area contributed by atoms with Crippen LogP contribution in [0, 0.1) is 0 Å². The Balaban J connectivity index is 1.70. The number of nitrogens with two attached hydrogens (primary N) is 2. The first-order valence-corrected chi connectivity index (χ1v) is 11.8. The van der Waals surface area contributed by atoms with Gasteiger partial charge in [-0.3, -0.25) is 4.90 Å². The van der Waals surface area contributed by atoms with Crippen LogP contribution in [0.4, 0.5) is 19.0 Å². The van der Waals surface area contributed by atoms with Crippen molar-refractivity contribution >= 4 is 17.5 Å². The van der Waals surface area contributed by atoms with Gasteiger partial charge in [0, 0.05) is 44.0 Å². The van der Waals surface area contributed by atoms with Gasteiger partial charge in [0.25, 0.3) is 0 Å². The van der Waals surface area contributed by atoms with Crippen LogP contribution in [0.15, 0.2) is 23.3 Å². The van der Waals surface area contributed by atoms with Gasteiger partial charge in [0.05, 0.1) is 36.7 Å². The number of hydrogen-bond acceptors (Lipinski definition) is 6. The number of rotatable bonds is 4. The fourth-order valence-electron chi connectivity index (χ4n) is 4.96. The highest BCUT2D eigenvalue weighted by molar-refractivity contribution is 5.86. The van der Waals surface area contributed by atoms with Gasteiger partial charge in [0.1, 0.15) is 5.82 Å². The number of nitrogens with zero attached hydrogens (tertiary/aromatic N) is 4. The lowest BCUT2D eigenvalue weighted by molar-refractivity contribution is -0.137. The Morgan fingerprint density at radius 3 is 2.59 bits per heavy atom. The van der Waals surface area contributed by atoms with Gasteiger partial charge in [-0.1, -0.05) is 12.8 Å². The number of guanidine groups is 1. The van der Waals surface area contributed by atoms with E-state index in [1.54, 1.807) is 6.08 Å². The Morgan fingerprint density at radius 2 is 1.91 bits per heavy atom. The van der Waals surface area contributed by atoms with E-state index in [0.717, 1.165) is 44.5 Å². The van der Waals surface area contributed by atoms with E-state index >= 15 is 0 Å². The maximum Gasteiger partial charge on any atom is 0.417 e. The molecule has 1 unspecified atom stereocenters. The zero-order valence-electron chi connectivity index (χ0n) is 19.5. The SMILES string of the molecule is CC(/C=C(\N=C(N)N1CCOCC1)c1cnc(N)cc1C(F)(F)F)N1CCOC2(CCCC2)C1. The van der Waals surface area contributed by atoms with E-state index in [-0.39, 0.29) is 34.7 Å². The zero-order valence-corrected chi connectivity index (χ0v) is 19.5. The molecule has 2 aliphatic heterocycles. The third-order valence-electron chi connectivity index (χ3n) is 6.84. The summed E-state index contributed by atoms with van der Waals surface area (Å²) < 4.78 is 53.3. The van der Waals surface area contributed by atoms with Crippen molar-refractivity contribution in [2.24, 2.45) is 10.7 Å². The van der Waals surface area contributed by atoms with Crippen LogP contribution in [0.2, 0.25) is 0 Å². The lowest BCUT2D eigenvalue weighted by atomic mass is 9.98. The van der Waals surface area contributed by atoms with Crippen molar-refractivity contribution < 1.29 is 22.6 Å². The standard InChI is InChI=1S/C23H33F3N6O2/c1-16(32-8-11-34-22(15-32)4-2-3-5-22)12-19(30-21(28)31-6-9-33-10-7-31)17-14-29-20(27)13-18(17)23(24,25)26/h12-14,16H,2-11,15H2,1H3,(H2,27,29)(H2,28,30)/b19-12-. The summed E-state index contributed by atoms with van der Waals surface area (Å²) in [6, 6.07) is 0.660. The van der Waals surface area contributed by atoms with Crippen LogP contribution < -0.4 is 11.5 Å². The van der Waals surface area contributed by atoms with Gasteiger partial charge in [-0.05, 0) is 31.9 Å². The molecular weight excluding hydrogens is 449 g/mol. The molecule has 0 aromatic carbocycles. The molecule has 4 rings (SSSR count). The topological polar surface area (TPSA) is 102 Å². The zero-order chi connectivity index (χ0) is 24.3. The van der Waals surface area contributed by atoms with E-state index in [2.05, 4.69) is 14.9 Å². The highest BCUT2D eigenvalue weighted by Crippen LogP contribution is 2.38. The van der Waals surface area contributed by atoms with Crippen LogP contribution >= 0.6 is 0 Å². The van der Waals surface area contributed by atoms with Crippen LogP contribution in [-0.4, -0.2) is 78.4 Å². The number of alkyl halides is 3. The summed E-state index contributed by atoms with van der Waals surface area (Å²) in [7, 11) is 0. The maximum absolute atomic E-state index is 13.9. The molecule has 3 fully saturated rings. The first kappa shape index (κ1) is 24.7. The molecule has 1 spiro atoms. The van der Waals surface area contributed by atoms with Crippen LogP contribution in [-0.2, 0) is 15.7 Å². The van der Waals surface area contributed by atoms with Crippen molar-refractivity contribution in [1.82, 2.24) is 14.8 Å². The van der Waals surface area contributed by atoms with E-state index in [9.17, 15) is 13.2 Å². The van der Waals surface area contributed by atoms with E-state index < -0.39 is 11.7 Å². The molecule has 0 amide bonds. The van der Waals surface area contributed by atoms with Crippen molar-refractivity contribution in [2.75, 3.05) is 51.7 Å². The average Bonchev–Trinajstić information content (AvgIpc) is 3.25. The molecular formula is C23H33F3N6O2. The molecule has 0 bridgehead atoms. The third-order valence-corrected chi connectivity index (χ3v) is 6.84. The van der Waals surface area contributed by atoms with Gasteiger partial charge >= 0.3 is 6.18 Å². The first-order valence-electron chi connectivity index (χ1n) is 11.8. The fraction of sp³-hybridized carbons (Fsp3) is 0.652. The lowest BCUT2D eigenvalue weighted by Crippen LogP contribution is -2.52. The predicted molar refractivity (Wildman–Crippen MR) is 124 cm³/mol. The molecule has 8 nitrogen and oxygen atoms in total. The molecule has 3 heterocycles. The molecule has 0 radical (unpaired) electrons. The Morgan fingerprint density at radius 1 is 1.21 bits per heavy atom. The van der Waals surface area contributed by atoms with E-state index in [0.29, 0.717) is 39.5 Å². The summed E-state index contributed by atoms with van der Waals surface area (Å²) in [5.74, 6) is -0.0501. The number of halogens is 3. The predicted octanol–water partition coefficient (Wildman–Crippen LogP) is 2.70. The summed E-state index contributed by atoms with van der Waals surface area (Å²) in [5, 5.41) is 0. The highest BCUT2D eigenvalue weighted by atomic mass is 19.4. The highest BCUT2D eigenvalue weighted by Gasteiger charge is 2.40. The van der Waals surface area contributed by atoms with Gasteiger partial charge in [-0.2, -0.15) is 13.2 Å². The monoisotopic (exact) mass is 482 g/mol. The fourth-order valence-corrected chi connectivity index (χ4v) is 4.96. The summed E-state index contributed by atoms with van der Waals surface area (Å²) in [4.78, 5) is 12.5. The number of aromatic nitrogens is 1. The number of aliphatic imine (C=N–C) groups is 1. The molecule has 1 atom stereocenters. The minimum Gasteiger partial charge on any atom is -0.384 e. The summed E-state index contributed by atoms with van der Waals surface area (Å²) in [6.07, 6.45) is 2.54. The van der Waals surface area contributed by atoms with Gasteiger partial charge in [0.15, 0.2) is 5.96 Å². The first-order chi connectivity index (χ1) is 16.2. The van der Waals surface area contributed by atoms with E-state index in [1.807, 2.05) is 11.8 Å². The number of ether oxygens (including phenoxy) is 2. The summed E-state index contributed by atoms with van der Waals surface area (Å²) >= 11 is 0. The molecule has 188 valence electrons. The number of nitrogen functional groups attached to an aromatic ring is 1. The normalized spacial score (nSPS) is 23.5. The second kappa shape index (κ2) is 10.1. The van der Waals surface area contributed by atoms with Crippen molar-refractivity contribution in [3.8, 4) is 0 Å². The van der Waals surface area contributed by atoms with Crippen LogP contribution in [0.5, 0.6) is 0 Å². The van der Waals surface area contributed by atoms with Gasteiger partial charge in [0.2, 0.25) is 0 Å². The Kier molecular flexibility index (Phi) is 7.34. The Hall–Kier alpha value is -2.37. The average molecular weight is 483 g/mol. The van der Waals surface area contributed by atoms with E-state index in [1.165, 1.54) is 0 Å². The molecule has 1 aromatic heterocycles. The third kappa shape index (κ3) is 5.64. The van der Waals surface area contributed by atoms with Gasteiger partial charge in [-0.25, -0.2) is 9.98 Å². The summed E-state index contributed by atoms with van der Waals surface area (Å²) in [6.45, 7) is 6.02. The number of anilines is 1. The van der Waals surface area contributed by atoms with Gasteiger partial charge in [-0.15, -0.1) is 0 Å².